The Labute approximate surface area is 87.8 Å². The molecule has 0 radical (unpaired) electrons. The second-order valence-corrected chi connectivity index (χ2v) is 3.06. The van der Waals surface area contributed by atoms with Crippen LogP contribution in [0.4, 0.5) is 0 Å². The zero-order valence-electron chi connectivity index (χ0n) is 7.55. The van der Waals surface area contributed by atoms with Crippen LogP contribution >= 0.6 is 11.6 Å². The Morgan fingerprint density at radius 2 is 2.00 bits per heavy atom. The monoisotopic (exact) mass is 208 g/mol. The minimum atomic E-state index is 0.342. The van der Waals surface area contributed by atoms with Gasteiger partial charge in [0.05, 0.1) is 5.88 Å². The zero-order chi connectivity index (χ0) is 9.80. The Morgan fingerprint density at radius 3 is 2.79 bits per heavy atom. The summed E-state index contributed by atoms with van der Waals surface area (Å²) in [6, 6.07) is 5.63. The van der Waals surface area contributed by atoms with Crippen LogP contribution in [0, 0.1) is 11.8 Å². The maximum absolute atomic E-state index is 5.47. The summed E-state index contributed by atoms with van der Waals surface area (Å²) in [5.74, 6) is 7.61. The maximum atomic E-state index is 5.47. The van der Waals surface area contributed by atoms with Gasteiger partial charge in [0.25, 0.3) is 0 Å². The van der Waals surface area contributed by atoms with E-state index in [1.54, 1.807) is 0 Å². The summed E-state index contributed by atoms with van der Waals surface area (Å²) in [5.41, 5.74) is 0.898. The van der Waals surface area contributed by atoms with Crippen molar-refractivity contribution >= 4 is 11.6 Å². The van der Waals surface area contributed by atoms with Gasteiger partial charge in [-0.25, -0.2) is 0 Å². The van der Waals surface area contributed by atoms with E-state index in [0.717, 1.165) is 17.1 Å². The minimum Gasteiger partial charge on any atom is -0.486 e. The van der Waals surface area contributed by atoms with Gasteiger partial charge < -0.3 is 9.47 Å². The van der Waals surface area contributed by atoms with Crippen molar-refractivity contribution in [2.24, 2.45) is 0 Å². The summed E-state index contributed by atoms with van der Waals surface area (Å²) in [7, 11) is 0. The molecule has 1 aliphatic rings. The predicted molar refractivity (Wildman–Crippen MR) is 55.0 cm³/mol. The first-order valence-electron chi connectivity index (χ1n) is 4.34. The Kier molecular flexibility index (Phi) is 2.81. The van der Waals surface area contributed by atoms with Crippen LogP contribution in [-0.4, -0.2) is 19.1 Å². The fourth-order valence-corrected chi connectivity index (χ4v) is 1.32. The van der Waals surface area contributed by atoms with Crippen molar-refractivity contribution in [3.8, 4) is 23.3 Å². The van der Waals surface area contributed by atoms with E-state index in [1.165, 1.54) is 0 Å². The predicted octanol–water partition coefficient (Wildman–Crippen LogP) is 2.05. The largest absolute Gasteiger partial charge is 0.486 e. The van der Waals surface area contributed by atoms with Crippen molar-refractivity contribution in [3.05, 3.63) is 23.8 Å². The first-order valence-corrected chi connectivity index (χ1v) is 4.88. The van der Waals surface area contributed by atoms with Crippen LogP contribution < -0.4 is 9.47 Å². The molecule has 0 unspecified atom stereocenters. The van der Waals surface area contributed by atoms with Crippen LogP contribution in [0.3, 0.4) is 0 Å². The van der Waals surface area contributed by atoms with E-state index >= 15 is 0 Å². The summed E-state index contributed by atoms with van der Waals surface area (Å²) < 4.78 is 10.8. The molecule has 0 spiro atoms. The highest BCUT2D eigenvalue weighted by Gasteiger charge is 2.10. The first kappa shape index (κ1) is 9.23. The van der Waals surface area contributed by atoms with Crippen molar-refractivity contribution in [2.75, 3.05) is 19.1 Å². The third kappa shape index (κ3) is 1.94. The SMILES string of the molecule is ClCC#Cc1ccc2c(c1)OCCO2. The highest BCUT2D eigenvalue weighted by molar-refractivity contribution is 6.19. The van der Waals surface area contributed by atoms with Crippen LogP contribution in [0.5, 0.6) is 11.5 Å². The molecule has 0 aromatic heterocycles. The number of ether oxygens (including phenoxy) is 2. The lowest BCUT2D eigenvalue weighted by atomic mass is 10.2. The minimum absolute atomic E-state index is 0.342. The number of fused-ring (bicyclic) bond motifs is 1. The van der Waals surface area contributed by atoms with Gasteiger partial charge >= 0.3 is 0 Å². The number of hydrogen-bond acceptors (Lipinski definition) is 2. The highest BCUT2D eigenvalue weighted by Crippen LogP contribution is 2.30. The van der Waals surface area contributed by atoms with Crippen LogP contribution in [0.1, 0.15) is 5.56 Å². The van der Waals surface area contributed by atoms with E-state index in [9.17, 15) is 0 Å². The molecule has 1 heterocycles. The van der Waals surface area contributed by atoms with Gasteiger partial charge in [-0.05, 0) is 18.2 Å². The molecule has 14 heavy (non-hydrogen) atoms. The lowest BCUT2D eigenvalue weighted by Crippen LogP contribution is -2.15. The smallest absolute Gasteiger partial charge is 0.162 e. The van der Waals surface area contributed by atoms with Gasteiger partial charge in [0, 0.05) is 5.56 Å². The van der Waals surface area contributed by atoms with Crippen LogP contribution in [-0.2, 0) is 0 Å². The van der Waals surface area contributed by atoms with Crippen LogP contribution in [0.15, 0.2) is 18.2 Å². The molecule has 2 nitrogen and oxygen atoms in total. The van der Waals surface area contributed by atoms with Crippen molar-refractivity contribution in [2.45, 2.75) is 0 Å². The molecule has 2 rings (SSSR count). The summed E-state index contributed by atoms with van der Waals surface area (Å²) in [6.45, 7) is 1.21. The molecule has 0 fully saturated rings. The quantitative estimate of drug-likeness (QED) is 0.480. The maximum Gasteiger partial charge on any atom is 0.162 e. The molecule has 0 N–H and O–H groups in total. The van der Waals surface area contributed by atoms with Crippen molar-refractivity contribution in [1.29, 1.82) is 0 Å². The van der Waals surface area contributed by atoms with E-state index in [1.807, 2.05) is 18.2 Å². The number of hydrogen-bond donors (Lipinski definition) is 0. The standard InChI is InChI=1S/C11H9ClO2/c12-5-1-2-9-3-4-10-11(8-9)14-7-6-13-10/h3-4,8H,5-7H2. The molecule has 1 aromatic rings. The van der Waals surface area contributed by atoms with E-state index in [-0.39, 0.29) is 0 Å². The second kappa shape index (κ2) is 4.26. The number of alkyl halides is 1. The zero-order valence-corrected chi connectivity index (χ0v) is 8.30. The normalized spacial score (nSPS) is 12.9. The second-order valence-electron chi connectivity index (χ2n) is 2.79. The van der Waals surface area contributed by atoms with Crippen molar-refractivity contribution < 1.29 is 9.47 Å². The molecule has 0 saturated carbocycles. The van der Waals surface area contributed by atoms with Gasteiger partial charge in [0.15, 0.2) is 11.5 Å². The Morgan fingerprint density at radius 1 is 1.21 bits per heavy atom. The van der Waals surface area contributed by atoms with Crippen molar-refractivity contribution in [3.63, 3.8) is 0 Å². The van der Waals surface area contributed by atoms with Crippen LogP contribution in [0.25, 0.3) is 0 Å². The summed E-state index contributed by atoms with van der Waals surface area (Å²) in [4.78, 5) is 0. The summed E-state index contributed by atoms with van der Waals surface area (Å²) >= 11 is 5.47. The molecule has 72 valence electrons. The highest BCUT2D eigenvalue weighted by atomic mass is 35.5. The van der Waals surface area contributed by atoms with E-state index in [4.69, 9.17) is 21.1 Å². The fraction of sp³-hybridized carbons (Fsp3) is 0.273. The lowest BCUT2D eigenvalue weighted by molar-refractivity contribution is 0.171. The van der Waals surface area contributed by atoms with Crippen LogP contribution in [0.2, 0.25) is 0 Å². The van der Waals surface area contributed by atoms with E-state index in [0.29, 0.717) is 19.1 Å². The topological polar surface area (TPSA) is 18.5 Å². The molecular weight excluding hydrogens is 200 g/mol. The van der Waals surface area contributed by atoms with E-state index < -0.39 is 0 Å². The Bertz CT molecular complexity index is 390. The van der Waals surface area contributed by atoms with E-state index in [2.05, 4.69) is 11.8 Å². The Hall–Kier alpha value is -1.33. The molecule has 0 atom stereocenters. The number of rotatable bonds is 0. The lowest BCUT2D eigenvalue weighted by Gasteiger charge is -2.17. The molecule has 1 aliphatic heterocycles. The molecule has 0 amide bonds. The average Bonchev–Trinajstić information content (AvgIpc) is 2.26. The first-order chi connectivity index (χ1) is 6.90. The molecule has 0 aliphatic carbocycles. The molecule has 0 bridgehead atoms. The van der Waals surface area contributed by atoms with Gasteiger partial charge in [-0.2, -0.15) is 0 Å². The molecule has 1 aromatic carbocycles. The van der Waals surface area contributed by atoms with Gasteiger partial charge in [-0.1, -0.05) is 11.8 Å². The number of benzene rings is 1. The number of halogens is 1. The molecule has 3 heteroatoms. The van der Waals surface area contributed by atoms with Gasteiger partial charge in [-0.15, -0.1) is 11.6 Å². The fourth-order valence-electron chi connectivity index (χ4n) is 1.26. The van der Waals surface area contributed by atoms with Gasteiger partial charge in [0.1, 0.15) is 13.2 Å². The third-order valence-electron chi connectivity index (χ3n) is 1.84. The molecular formula is C11H9ClO2. The van der Waals surface area contributed by atoms with Crippen molar-refractivity contribution in [1.82, 2.24) is 0 Å². The average molecular weight is 209 g/mol. The van der Waals surface area contributed by atoms with Gasteiger partial charge in [0.2, 0.25) is 0 Å². The van der Waals surface area contributed by atoms with Gasteiger partial charge in [-0.3, -0.25) is 0 Å². The Balaban J connectivity index is 2.29. The third-order valence-corrected chi connectivity index (χ3v) is 1.98. The summed E-state index contributed by atoms with van der Waals surface area (Å²) in [5, 5.41) is 0. The molecule has 0 saturated heterocycles. The summed E-state index contributed by atoms with van der Waals surface area (Å²) in [6.07, 6.45) is 0.